The second-order valence-corrected chi connectivity index (χ2v) is 9.24. The van der Waals surface area contributed by atoms with Gasteiger partial charge in [-0.25, -0.2) is 4.79 Å². The number of rotatable bonds is 7. The highest BCUT2D eigenvalue weighted by Gasteiger charge is 2.31. The van der Waals surface area contributed by atoms with E-state index in [1.165, 1.54) is 21.8 Å². The molecule has 1 aliphatic carbocycles. The van der Waals surface area contributed by atoms with Crippen LogP contribution in [0.4, 0.5) is 5.00 Å². The summed E-state index contributed by atoms with van der Waals surface area (Å²) in [7, 11) is 0. The Morgan fingerprint density at radius 3 is 2.41 bits per heavy atom. The molecule has 0 aliphatic heterocycles. The predicted octanol–water partition coefficient (Wildman–Crippen LogP) is 6.33. The number of thiophene rings is 1. The van der Waals surface area contributed by atoms with Crippen LogP contribution in [-0.2, 0) is 22.4 Å². The van der Waals surface area contributed by atoms with Gasteiger partial charge in [0, 0.05) is 4.88 Å². The lowest BCUT2D eigenvalue weighted by Gasteiger charge is -2.23. The average Bonchev–Trinajstić information content (AvgIpc) is 3.18. The van der Waals surface area contributed by atoms with Crippen LogP contribution in [0.15, 0.2) is 60.7 Å². The summed E-state index contributed by atoms with van der Waals surface area (Å²) < 4.78 is 5.37. The number of anilines is 1. The Bertz CT molecular complexity index is 1080. The lowest BCUT2D eigenvalue weighted by molar-refractivity contribution is -0.117. The minimum Gasteiger partial charge on any atom is -0.462 e. The molecule has 166 valence electrons. The third-order valence-corrected chi connectivity index (χ3v) is 7.35. The maximum absolute atomic E-state index is 13.2. The fourth-order valence-corrected chi connectivity index (χ4v) is 5.88. The minimum atomic E-state index is -0.341. The standard InChI is InChI=1S/C27H29NO3S/c1-3-21(19-13-9-6-10-14-19)25(29)28-26-24(27(30)31-4-2)22-16-15-20(17-23(22)32-26)18-11-7-5-8-12-18/h5-14,20-21H,3-4,15-17H2,1-2H3,(H,28,29)/t20-,21-/m0/s1. The van der Waals surface area contributed by atoms with Crippen LogP contribution in [0.5, 0.6) is 0 Å². The summed E-state index contributed by atoms with van der Waals surface area (Å²) in [5.74, 6) is -0.259. The Balaban J connectivity index is 1.64. The van der Waals surface area contributed by atoms with Gasteiger partial charge in [-0.2, -0.15) is 0 Å². The SMILES string of the molecule is CCOC(=O)c1c(NC(=O)[C@@H](CC)c2ccccc2)sc2c1CC[C@H](c1ccccc1)C2. The number of fused-ring (bicyclic) bond motifs is 1. The normalized spacial score (nSPS) is 16.1. The first-order chi connectivity index (χ1) is 15.6. The lowest BCUT2D eigenvalue weighted by Crippen LogP contribution is -2.22. The Kier molecular flexibility index (Phi) is 7.05. The number of carbonyl (C=O) groups excluding carboxylic acids is 2. The van der Waals surface area contributed by atoms with Crippen LogP contribution >= 0.6 is 11.3 Å². The van der Waals surface area contributed by atoms with E-state index in [0.717, 1.165) is 30.4 Å². The molecule has 1 amide bonds. The summed E-state index contributed by atoms with van der Waals surface area (Å²) >= 11 is 1.53. The fourth-order valence-electron chi connectivity index (χ4n) is 4.56. The molecule has 0 saturated carbocycles. The number of hydrogen-bond donors (Lipinski definition) is 1. The molecule has 1 aliphatic rings. The second kappa shape index (κ2) is 10.1. The largest absolute Gasteiger partial charge is 0.462 e. The third-order valence-electron chi connectivity index (χ3n) is 6.18. The Morgan fingerprint density at radius 1 is 1.06 bits per heavy atom. The van der Waals surface area contributed by atoms with Crippen LogP contribution in [0.1, 0.15) is 70.5 Å². The summed E-state index contributed by atoms with van der Waals surface area (Å²) in [5, 5.41) is 3.72. The van der Waals surface area contributed by atoms with E-state index in [-0.39, 0.29) is 17.8 Å². The van der Waals surface area contributed by atoms with Crippen molar-refractivity contribution in [3.8, 4) is 0 Å². The van der Waals surface area contributed by atoms with Crippen LogP contribution in [0.25, 0.3) is 0 Å². The van der Waals surface area contributed by atoms with Crippen molar-refractivity contribution in [3.05, 3.63) is 87.8 Å². The first kappa shape index (κ1) is 22.3. The summed E-state index contributed by atoms with van der Waals surface area (Å²) in [5.41, 5.74) is 3.90. The van der Waals surface area contributed by atoms with Crippen LogP contribution in [0, 0.1) is 0 Å². The van der Waals surface area contributed by atoms with Crippen LogP contribution in [0.3, 0.4) is 0 Å². The van der Waals surface area contributed by atoms with E-state index in [9.17, 15) is 9.59 Å². The molecule has 0 bridgehead atoms. The maximum Gasteiger partial charge on any atom is 0.341 e. The summed E-state index contributed by atoms with van der Waals surface area (Å²) in [6.45, 7) is 4.13. The summed E-state index contributed by atoms with van der Waals surface area (Å²) in [4.78, 5) is 27.3. The van der Waals surface area contributed by atoms with Crippen molar-refractivity contribution in [2.45, 2.75) is 51.4 Å². The molecule has 1 heterocycles. The summed E-state index contributed by atoms with van der Waals surface area (Å²) in [6, 6.07) is 20.3. The number of nitrogens with one attached hydrogen (secondary N) is 1. The molecule has 0 radical (unpaired) electrons. The van der Waals surface area contributed by atoms with Gasteiger partial charge in [-0.15, -0.1) is 11.3 Å². The number of amides is 1. The molecule has 1 N–H and O–H groups in total. The molecule has 0 saturated heterocycles. The van der Waals surface area contributed by atoms with Crippen molar-refractivity contribution in [3.63, 3.8) is 0 Å². The molecule has 4 rings (SSSR count). The van der Waals surface area contributed by atoms with Crippen molar-refractivity contribution in [2.24, 2.45) is 0 Å². The van der Waals surface area contributed by atoms with Gasteiger partial charge < -0.3 is 10.1 Å². The Labute approximate surface area is 193 Å². The van der Waals surface area contributed by atoms with Crippen LogP contribution in [0.2, 0.25) is 0 Å². The molecule has 0 fully saturated rings. The van der Waals surface area contributed by atoms with E-state index in [1.807, 2.05) is 50.2 Å². The highest BCUT2D eigenvalue weighted by Crippen LogP contribution is 2.43. The van der Waals surface area contributed by atoms with Gasteiger partial charge in [-0.1, -0.05) is 67.6 Å². The van der Waals surface area contributed by atoms with E-state index in [0.29, 0.717) is 29.5 Å². The van der Waals surface area contributed by atoms with E-state index in [1.54, 1.807) is 0 Å². The first-order valence-corrected chi connectivity index (χ1v) is 12.2. The molecule has 1 aromatic heterocycles. The number of benzene rings is 2. The molecule has 0 unspecified atom stereocenters. The van der Waals surface area contributed by atoms with Gasteiger partial charge in [-0.05, 0) is 55.2 Å². The molecular formula is C27H29NO3S. The highest BCUT2D eigenvalue weighted by atomic mass is 32.1. The van der Waals surface area contributed by atoms with E-state index >= 15 is 0 Å². The quantitative estimate of drug-likeness (QED) is 0.431. The van der Waals surface area contributed by atoms with E-state index in [2.05, 4.69) is 29.6 Å². The Hall–Kier alpha value is -2.92. The average molecular weight is 448 g/mol. The molecular weight excluding hydrogens is 418 g/mol. The monoisotopic (exact) mass is 447 g/mol. The zero-order valence-electron chi connectivity index (χ0n) is 18.6. The molecule has 2 atom stereocenters. The fraction of sp³-hybridized carbons (Fsp3) is 0.333. The highest BCUT2D eigenvalue weighted by molar-refractivity contribution is 7.17. The lowest BCUT2D eigenvalue weighted by atomic mass is 9.83. The number of hydrogen-bond acceptors (Lipinski definition) is 4. The molecule has 3 aromatic rings. The molecule has 5 heteroatoms. The van der Waals surface area contributed by atoms with Crippen LogP contribution < -0.4 is 5.32 Å². The van der Waals surface area contributed by atoms with Crippen LogP contribution in [-0.4, -0.2) is 18.5 Å². The van der Waals surface area contributed by atoms with Crippen molar-refractivity contribution >= 4 is 28.2 Å². The van der Waals surface area contributed by atoms with Crippen molar-refractivity contribution < 1.29 is 14.3 Å². The molecule has 2 aromatic carbocycles. The minimum absolute atomic E-state index is 0.0811. The van der Waals surface area contributed by atoms with Crippen molar-refractivity contribution in [1.29, 1.82) is 0 Å². The topological polar surface area (TPSA) is 55.4 Å². The number of carbonyl (C=O) groups is 2. The number of ether oxygens (including phenoxy) is 1. The van der Waals surface area contributed by atoms with E-state index < -0.39 is 0 Å². The second-order valence-electron chi connectivity index (χ2n) is 8.14. The van der Waals surface area contributed by atoms with Gasteiger partial charge in [0.2, 0.25) is 5.91 Å². The molecule has 0 spiro atoms. The van der Waals surface area contributed by atoms with Gasteiger partial charge in [-0.3, -0.25) is 4.79 Å². The maximum atomic E-state index is 13.2. The molecule has 32 heavy (non-hydrogen) atoms. The Morgan fingerprint density at radius 2 is 1.75 bits per heavy atom. The zero-order chi connectivity index (χ0) is 22.5. The first-order valence-electron chi connectivity index (χ1n) is 11.3. The van der Waals surface area contributed by atoms with E-state index in [4.69, 9.17) is 4.74 Å². The smallest absolute Gasteiger partial charge is 0.341 e. The predicted molar refractivity (Wildman–Crippen MR) is 130 cm³/mol. The van der Waals surface area contributed by atoms with Crippen molar-refractivity contribution in [2.75, 3.05) is 11.9 Å². The third kappa shape index (κ3) is 4.63. The van der Waals surface area contributed by atoms with Gasteiger partial charge in [0.25, 0.3) is 0 Å². The molecule has 4 nitrogen and oxygen atoms in total. The summed E-state index contributed by atoms with van der Waals surface area (Å²) in [6.07, 6.45) is 3.36. The van der Waals surface area contributed by atoms with Crippen molar-refractivity contribution in [1.82, 2.24) is 0 Å². The van der Waals surface area contributed by atoms with Gasteiger partial charge in [0.05, 0.1) is 18.1 Å². The van der Waals surface area contributed by atoms with Gasteiger partial charge >= 0.3 is 5.97 Å². The van der Waals surface area contributed by atoms with Gasteiger partial charge in [0.1, 0.15) is 5.00 Å². The number of esters is 1. The van der Waals surface area contributed by atoms with Gasteiger partial charge in [0.15, 0.2) is 0 Å². The zero-order valence-corrected chi connectivity index (χ0v) is 19.4.